The van der Waals surface area contributed by atoms with E-state index in [2.05, 4.69) is 53.5 Å². The highest BCUT2D eigenvalue weighted by molar-refractivity contribution is 5.49. The van der Waals surface area contributed by atoms with Crippen molar-refractivity contribution in [3.8, 4) is 5.75 Å². The van der Waals surface area contributed by atoms with Gasteiger partial charge in [-0.15, -0.1) is 0 Å². The van der Waals surface area contributed by atoms with Crippen LogP contribution in [0.15, 0.2) is 54.6 Å². The molecule has 0 bridgehead atoms. The van der Waals surface area contributed by atoms with Crippen LogP contribution in [0, 0.1) is 0 Å². The van der Waals surface area contributed by atoms with E-state index in [-0.39, 0.29) is 0 Å². The predicted molar refractivity (Wildman–Crippen MR) is 90.4 cm³/mol. The van der Waals surface area contributed by atoms with Crippen molar-refractivity contribution in [3.05, 3.63) is 54.6 Å². The van der Waals surface area contributed by atoms with E-state index in [0.29, 0.717) is 6.61 Å². The number of para-hydroxylation sites is 1. The van der Waals surface area contributed by atoms with Crippen molar-refractivity contribution < 1.29 is 4.74 Å². The lowest BCUT2D eigenvalue weighted by molar-refractivity contribution is 0.340. The number of likely N-dealkylation sites (N-methyl/N-ethyl adjacent to an activating group) is 1. The molecule has 3 nitrogen and oxygen atoms in total. The molecule has 0 spiro atoms. The van der Waals surface area contributed by atoms with Crippen LogP contribution in [0.1, 0.15) is 13.8 Å². The van der Waals surface area contributed by atoms with Gasteiger partial charge in [0.1, 0.15) is 5.75 Å². The first-order chi connectivity index (χ1) is 10.3. The molecule has 1 N–H and O–H groups in total. The minimum absolute atomic E-state index is 0.696. The third kappa shape index (κ3) is 4.71. The Kier molecular flexibility index (Phi) is 5.95. The monoisotopic (exact) mass is 284 g/mol. The first kappa shape index (κ1) is 15.2. The molecule has 0 fully saturated rings. The first-order valence-corrected chi connectivity index (χ1v) is 7.60. The number of nitrogens with one attached hydrogen (secondary N) is 1. The van der Waals surface area contributed by atoms with Crippen molar-refractivity contribution in [1.82, 2.24) is 0 Å². The standard InChI is InChI=1S/C18H24N2O/c1-3-20(17-10-6-5-7-11-17)14-13-19-16-9-8-12-18(15-16)21-4-2/h5-12,15,19H,3-4,13-14H2,1-2H3. The van der Waals surface area contributed by atoms with Gasteiger partial charge >= 0.3 is 0 Å². The summed E-state index contributed by atoms with van der Waals surface area (Å²) < 4.78 is 5.51. The number of hydrogen-bond donors (Lipinski definition) is 1. The van der Waals surface area contributed by atoms with Crippen LogP contribution in [0.5, 0.6) is 5.75 Å². The normalized spacial score (nSPS) is 10.2. The summed E-state index contributed by atoms with van der Waals surface area (Å²) in [6.07, 6.45) is 0. The SMILES string of the molecule is CCOc1cccc(NCCN(CC)c2ccccc2)c1. The van der Waals surface area contributed by atoms with E-state index >= 15 is 0 Å². The highest BCUT2D eigenvalue weighted by atomic mass is 16.5. The van der Waals surface area contributed by atoms with E-state index in [1.807, 2.05) is 25.1 Å². The molecule has 0 aliphatic heterocycles. The first-order valence-electron chi connectivity index (χ1n) is 7.60. The molecule has 0 atom stereocenters. The maximum Gasteiger partial charge on any atom is 0.121 e. The summed E-state index contributed by atoms with van der Waals surface area (Å²) >= 11 is 0. The van der Waals surface area contributed by atoms with Crippen LogP contribution in [0.25, 0.3) is 0 Å². The zero-order valence-corrected chi connectivity index (χ0v) is 12.9. The molecule has 2 aromatic rings. The highest BCUT2D eigenvalue weighted by Crippen LogP contribution is 2.17. The Bertz CT molecular complexity index is 528. The molecule has 0 radical (unpaired) electrons. The van der Waals surface area contributed by atoms with Gasteiger partial charge in [-0.3, -0.25) is 0 Å². The fourth-order valence-corrected chi connectivity index (χ4v) is 2.31. The molecule has 2 rings (SSSR count). The van der Waals surface area contributed by atoms with E-state index < -0.39 is 0 Å². The van der Waals surface area contributed by atoms with Crippen LogP contribution >= 0.6 is 0 Å². The molecule has 0 amide bonds. The van der Waals surface area contributed by atoms with Crippen molar-refractivity contribution in [2.24, 2.45) is 0 Å². The van der Waals surface area contributed by atoms with Gasteiger partial charge in [0.05, 0.1) is 6.61 Å². The number of nitrogens with zero attached hydrogens (tertiary/aromatic N) is 1. The van der Waals surface area contributed by atoms with Gasteiger partial charge in [0.15, 0.2) is 0 Å². The number of rotatable bonds is 8. The summed E-state index contributed by atoms with van der Waals surface area (Å²) in [5.74, 6) is 0.915. The Labute approximate surface area is 127 Å². The minimum Gasteiger partial charge on any atom is -0.494 e. The van der Waals surface area contributed by atoms with E-state index in [9.17, 15) is 0 Å². The number of ether oxygens (including phenoxy) is 1. The van der Waals surface area contributed by atoms with Crippen molar-refractivity contribution in [3.63, 3.8) is 0 Å². The van der Waals surface area contributed by atoms with Crippen LogP contribution in [0.4, 0.5) is 11.4 Å². The minimum atomic E-state index is 0.696. The van der Waals surface area contributed by atoms with Gasteiger partial charge in [0.2, 0.25) is 0 Å². The van der Waals surface area contributed by atoms with E-state index in [1.54, 1.807) is 0 Å². The van der Waals surface area contributed by atoms with Gasteiger partial charge in [-0.2, -0.15) is 0 Å². The van der Waals surface area contributed by atoms with Gasteiger partial charge in [0.25, 0.3) is 0 Å². The third-order valence-corrected chi connectivity index (χ3v) is 3.36. The lowest BCUT2D eigenvalue weighted by Crippen LogP contribution is -2.28. The lowest BCUT2D eigenvalue weighted by Gasteiger charge is -2.23. The lowest BCUT2D eigenvalue weighted by atomic mass is 10.2. The maximum atomic E-state index is 5.51. The van der Waals surface area contributed by atoms with Crippen LogP contribution in [-0.4, -0.2) is 26.2 Å². The highest BCUT2D eigenvalue weighted by Gasteiger charge is 2.03. The Morgan fingerprint density at radius 1 is 1.00 bits per heavy atom. The Hall–Kier alpha value is -2.16. The van der Waals surface area contributed by atoms with Crippen LogP contribution in [0.3, 0.4) is 0 Å². The molecule has 0 heterocycles. The summed E-state index contributed by atoms with van der Waals surface area (Å²) in [6, 6.07) is 18.6. The molecule has 21 heavy (non-hydrogen) atoms. The van der Waals surface area contributed by atoms with Crippen LogP contribution in [-0.2, 0) is 0 Å². The van der Waals surface area contributed by atoms with E-state index in [0.717, 1.165) is 31.1 Å². The summed E-state index contributed by atoms with van der Waals surface area (Å²) in [5.41, 5.74) is 2.37. The van der Waals surface area contributed by atoms with Gasteiger partial charge in [-0.1, -0.05) is 24.3 Å². The fourth-order valence-electron chi connectivity index (χ4n) is 2.31. The Morgan fingerprint density at radius 3 is 2.52 bits per heavy atom. The molecule has 112 valence electrons. The summed E-state index contributed by atoms with van der Waals surface area (Å²) in [5, 5.41) is 3.46. The molecule has 0 aliphatic rings. The predicted octanol–water partition coefficient (Wildman–Crippen LogP) is 4.02. The average Bonchev–Trinajstić information content (AvgIpc) is 2.53. The molecule has 2 aromatic carbocycles. The number of anilines is 2. The third-order valence-electron chi connectivity index (χ3n) is 3.36. The second-order valence-electron chi connectivity index (χ2n) is 4.80. The zero-order valence-electron chi connectivity index (χ0n) is 12.9. The van der Waals surface area contributed by atoms with E-state index in [1.165, 1.54) is 5.69 Å². The number of hydrogen-bond acceptors (Lipinski definition) is 3. The van der Waals surface area contributed by atoms with E-state index in [4.69, 9.17) is 4.74 Å². The van der Waals surface area contributed by atoms with Crippen LogP contribution < -0.4 is 15.0 Å². The second kappa shape index (κ2) is 8.20. The molecule has 3 heteroatoms. The molecule has 0 aromatic heterocycles. The Morgan fingerprint density at radius 2 is 1.81 bits per heavy atom. The molecule has 0 aliphatic carbocycles. The van der Waals surface area contributed by atoms with Gasteiger partial charge in [0, 0.05) is 37.1 Å². The smallest absolute Gasteiger partial charge is 0.121 e. The molecule has 0 saturated heterocycles. The van der Waals surface area contributed by atoms with Crippen molar-refractivity contribution >= 4 is 11.4 Å². The topological polar surface area (TPSA) is 24.5 Å². The quantitative estimate of drug-likeness (QED) is 0.792. The van der Waals surface area contributed by atoms with Crippen LogP contribution in [0.2, 0.25) is 0 Å². The zero-order chi connectivity index (χ0) is 14.9. The largest absolute Gasteiger partial charge is 0.494 e. The van der Waals surface area contributed by atoms with Crippen molar-refractivity contribution in [2.45, 2.75) is 13.8 Å². The van der Waals surface area contributed by atoms with Crippen molar-refractivity contribution in [2.75, 3.05) is 36.5 Å². The maximum absolute atomic E-state index is 5.51. The summed E-state index contributed by atoms with van der Waals surface area (Å²) in [6.45, 7) is 7.76. The van der Waals surface area contributed by atoms with Gasteiger partial charge in [-0.05, 0) is 38.1 Å². The van der Waals surface area contributed by atoms with Gasteiger partial charge in [-0.25, -0.2) is 0 Å². The molecular weight excluding hydrogens is 260 g/mol. The molecule has 0 unspecified atom stereocenters. The Balaban J connectivity index is 1.87. The molecule has 0 saturated carbocycles. The fraction of sp³-hybridized carbons (Fsp3) is 0.333. The summed E-state index contributed by atoms with van der Waals surface area (Å²) in [7, 11) is 0. The van der Waals surface area contributed by atoms with Gasteiger partial charge < -0.3 is 15.0 Å². The average molecular weight is 284 g/mol. The second-order valence-corrected chi connectivity index (χ2v) is 4.80. The van der Waals surface area contributed by atoms with Crippen molar-refractivity contribution in [1.29, 1.82) is 0 Å². The number of benzene rings is 2. The molecular formula is C18H24N2O. The summed E-state index contributed by atoms with van der Waals surface area (Å²) in [4.78, 5) is 2.36.